The minimum atomic E-state index is -0.850. The van der Waals surface area contributed by atoms with Crippen LogP contribution in [0, 0.1) is 0 Å². The van der Waals surface area contributed by atoms with E-state index in [2.05, 4.69) is 0 Å². The molecule has 0 aromatic rings. The van der Waals surface area contributed by atoms with E-state index in [1.165, 1.54) is 0 Å². The van der Waals surface area contributed by atoms with E-state index in [-0.39, 0.29) is 25.1 Å². The van der Waals surface area contributed by atoms with Crippen LogP contribution in [0.4, 0.5) is 4.79 Å². The summed E-state index contributed by atoms with van der Waals surface area (Å²) in [7, 11) is 1.73. The molecule has 0 radical (unpaired) electrons. The maximum absolute atomic E-state index is 12.7. The fraction of sp³-hybridized carbons (Fsp3) is 0.867. The highest BCUT2D eigenvalue weighted by atomic mass is 16.4. The lowest BCUT2D eigenvalue weighted by Gasteiger charge is -2.45. The standard InChI is InChI=1S/C15H26N2O4/c1-16(14(21)17-9-5-6-12(17)11-18)15(10-13(19)20)7-3-2-4-8-15/h12,18H,2-11H2,1H3,(H,19,20). The third-order valence-electron chi connectivity index (χ3n) is 5.10. The van der Waals surface area contributed by atoms with Gasteiger partial charge in [-0.1, -0.05) is 19.3 Å². The third kappa shape index (κ3) is 3.31. The van der Waals surface area contributed by atoms with Crippen LogP contribution < -0.4 is 0 Å². The van der Waals surface area contributed by atoms with Crippen molar-refractivity contribution >= 4 is 12.0 Å². The number of carbonyl (C=O) groups excluding carboxylic acids is 1. The molecule has 120 valence electrons. The molecule has 1 atom stereocenters. The second kappa shape index (κ2) is 6.64. The summed E-state index contributed by atoms with van der Waals surface area (Å²) in [6, 6.07) is -0.250. The number of rotatable bonds is 4. The van der Waals surface area contributed by atoms with Gasteiger partial charge in [0.1, 0.15) is 0 Å². The van der Waals surface area contributed by atoms with Crippen LogP contribution in [0.2, 0.25) is 0 Å². The maximum Gasteiger partial charge on any atom is 0.320 e. The van der Waals surface area contributed by atoms with E-state index in [9.17, 15) is 19.8 Å². The zero-order valence-electron chi connectivity index (χ0n) is 12.8. The first-order chi connectivity index (χ1) is 10.00. The second-order valence-corrected chi connectivity index (χ2v) is 6.37. The van der Waals surface area contributed by atoms with Crippen LogP contribution in [0.1, 0.15) is 51.4 Å². The Balaban J connectivity index is 2.15. The largest absolute Gasteiger partial charge is 0.481 e. The first kappa shape index (κ1) is 16.1. The highest BCUT2D eigenvalue weighted by Crippen LogP contribution is 2.37. The summed E-state index contributed by atoms with van der Waals surface area (Å²) in [5, 5.41) is 18.6. The van der Waals surface area contributed by atoms with Crippen molar-refractivity contribution in [3.8, 4) is 0 Å². The number of amides is 2. The molecule has 1 saturated heterocycles. The van der Waals surface area contributed by atoms with Crippen molar-refractivity contribution in [1.82, 2.24) is 9.80 Å². The van der Waals surface area contributed by atoms with Crippen molar-refractivity contribution in [2.24, 2.45) is 0 Å². The number of aliphatic hydroxyl groups excluding tert-OH is 1. The number of urea groups is 1. The molecule has 0 aromatic heterocycles. The minimum Gasteiger partial charge on any atom is -0.481 e. The molecule has 0 aromatic carbocycles. The van der Waals surface area contributed by atoms with Gasteiger partial charge in [0.2, 0.25) is 0 Å². The minimum absolute atomic E-state index is 0.00682. The summed E-state index contributed by atoms with van der Waals surface area (Å²) in [5.74, 6) is -0.850. The molecule has 2 N–H and O–H groups in total. The molecule has 21 heavy (non-hydrogen) atoms. The van der Waals surface area contributed by atoms with Gasteiger partial charge < -0.3 is 20.0 Å². The number of carboxylic acids is 1. The fourth-order valence-electron chi connectivity index (χ4n) is 3.80. The quantitative estimate of drug-likeness (QED) is 0.827. The third-order valence-corrected chi connectivity index (χ3v) is 5.10. The summed E-state index contributed by atoms with van der Waals surface area (Å²) < 4.78 is 0. The Morgan fingerprint density at radius 2 is 1.90 bits per heavy atom. The van der Waals surface area contributed by atoms with Gasteiger partial charge in [-0.2, -0.15) is 0 Å². The molecule has 6 heteroatoms. The average Bonchev–Trinajstić information content (AvgIpc) is 2.94. The van der Waals surface area contributed by atoms with Gasteiger partial charge in [0, 0.05) is 13.6 Å². The zero-order valence-corrected chi connectivity index (χ0v) is 12.8. The summed E-state index contributed by atoms with van der Waals surface area (Å²) in [6.07, 6.45) is 6.26. The van der Waals surface area contributed by atoms with Gasteiger partial charge in [0.05, 0.1) is 24.6 Å². The monoisotopic (exact) mass is 298 g/mol. The SMILES string of the molecule is CN(C(=O)N1CCCC1CO)C1(CC(=O)O)CCCCC1. The first-order valence-corrected chi connectivity index (χ1v) is 7.87. The molecule has 2 aliphatic rings. The van der Waals surface area contributed by atoms with Gasteiger partial charge in [-0.15, -0.1) is 0 Å². The number of hydrogen-bond donors (Lipinski definition) is 2. The number of aliphatic hydroxyl groups is 1. The molecule has 1 aliphatic heterocycles. The van der Waals surface area contributed by atoms with Crippen LogP contribution in [-0.4, -0.2) is 63.8 Å². The van der Waals surface area contributed by atoms with Gasteiger partial charge in [0.15, 0.2) is 0 Å². The number of carbonyl (C=O) groups is 2. The molecule has 1 unspecified atom stereocenters. The van der Waals surface area contributed by atoms with E-state index in [0.29, 0.717) is 6.54 Å². The highest BCUT2D eigenvalue weighted by molar-refractivity contribution is 5.77. The molecular formula is C15H26N2O4. The van der Waals surface area contributed by atoms with Crippen LogP contribution in [0.15, 0.2) is 0 Å². The number of nitrogens with zero attached hydrogens (tertiary/aromatic N) is 2. The van der Waals surface area contributed by atoms with Crippen LogP contribution >= 0.6 is 0 Å². The van der Waals surface area contributed by atoms with Crippen LogP contribution in [0.3, 0.4) is 0 Å². The topological polar surface area (TPSA) is 81.1 Å². The number of carboxylic acid groups (broad SMARTS) is 1. The van der Waals surface area contributed by atoms with Crippen molar-refractivity contribution in [3.05, 3.63) is 0 Å². The Labute approximate surface area is 125 Å². The van der Waals surface area contributed by atoms with Crippen molar-refractivity contribution in [3.63, 3.8) is 0 Å². The van der Waals surface area contributed by atoms with E-state index >= 15 is 0 Å². The Kier molecular flexibility index (Phi) is 5.08. The maximum atomic E-state index is 12.7. The Hall–Kier alpha value is -1.30. The number of hydrogen-bond acceptors (Lipinski definition) is 3. The van der Waals surface area contributed by atoms with Gasteiger partial charge in [0.25, 0.3) is 0 Å². The molecule has 1 saturated carbocycles. The lowest BCUT2D eigenvalue weighted by Crippen LogP contribution is -2.57. The van der Waals surface area contributed by atoms with Crippen molar-refractivity contribution in [2.75, 3.05) is 20.2 Å². The molecule has 2 amide bonds. The van der Waals surface area contributed by atoms with E-state index < -0.39 is 11.5 Å². The van der Waals surface area contributed by atoms with Gasteiger partial charge in [-0.05, 0) is 25.7 Å². The number of aliphatic carboxylic acids is 1. The molecule has 0 bridgehead atoms. The summed E-state index contributed by atoms with van der Waals surface area (Å²) in [6.45, 7) is 0.628. The molecule has 1 heterocycles. The fourth-order valence-corrected chi connectivity index (χ4v) is 3.80. The lowest BCUT2D eigenvalue weighted by molar-refractivity contribution is -0.140. The van der Waals surface area contributed by atoms with Crippen LogP contribution in [0.25, 0.3) is 0 Å². The second-order valence-electron chi connectivity index (χ2n) is 6.37. The van der Waals surface area contributed by atoms with Gasteiger partial charge in [-0.3, -0.25) is 4.79 Å². The van der Waals surface area contributed by atoms with Crippen LogP contribution in [0.5, 0.6) is 0 Å². The lowest BCUT2D eigenvalue weighted by atomic mass is 9.78. The van der Waals surface area contributed by atoms with Gasteiger partial charge in [-0.25, -0.2) is 4.79 Å². The van der Waals surface area contributed by atoms with Crippen LogP contribution in [-0.2, 0) is 4.79 Å². The first-order valence-electron chi connectivity index (χ1n) is 7.87. The predicted molar refractivity (Wildman–Crippen MR) is 78.0 cm³/mol. The average molecular weight is 298 g/mol. The summed E-state index contributed by atoms with van der Waals surface area (Å²) in [4.78, 5) is 27.4. The molecule has 0 spiro atoms. The van der Waals surface area contributed by atoms with Gasteiger partial charge >= 0.3 is 12.0 Å². The molecule has 6 nitrogen and oxygen atoms in total. The Morgan fingerprint density at radius 1 is 1.24 bits per heavy atom. The van der Waals surface area contributed by atoms with Crippen molar-refractivity contribution in [1.29, 1.82) is 0 Å². The smallest absolute Gasteiger partial charge is 0.320 e. The summed E-state index contributed by atoms with van der Waals surface area (Å²) >= 11 is 0. The summed E-state index contributed by atoms with van der Waals surface area (Å²) in [5.41, 5.74) is -0.566. The van der Waals surface area contributed by atoms with Crippen molar-refractivity contribution in [2.45, 2.75) is 62.9 Å². The zero-order chi connectivity index (χ0) is 15.5. The Bertz CT molecular complexity index is 393. The van der Waals surface area contributed by atoms with E-state index in [1.54, 1.807) is 16.8 Å². The highest BCUT2D eigenvalue weighted by Gasteiger charge is 2.43. The molecule has 1 aliphatic carbocycles. The predicted octanol–water partition coefficient (Wildman–Crippen LogP) is 1.67. The normalized spacial score (nSPS) is 24.9. The van der Waals surface area contributed by atoms with E-state index in [4.69, 9.17) is 0 Å². The molecular weight excluding hydrogens is 272 g/mol. The molecule has 2 fully saturated rings. The molecule has 2 rings (SSSR count). The number of likely N-dealkylation sites (tertiary alicyclic amines) is 1. The Morgan fingerprint density at radius 3 is 2.48 bits per heavy atom. The van der Waals surface area contributed by atoms with Crippen molar-refractivity contribution < 1.29 is 19.8 Å². The van der Waals surface area contributed by atoms with E-state index in [1.807, 2.05) is 0 Å². The van der Waals surface area contributed by atoms with E-state index in [0.717, 1.165) is 44.9 Å².